The molecule has 0 spiro atoms. The van der Waals surface area contributed by atoms with Crippen LogP contribution in [0.4, 0.5) is 0 Å². The average Bonchev–Trinajstić information content (AvgIpc) is 2.15. The summed E-state index contributed by atoms with van der Waals surface area (Å²) >= 11 is 0. The Labute approximate surface area is 84.0 Å². The van der Waals surface area contributed by atoms with Gasteiger partial charge < -0.3 is 15.8 Å². The number of carbonyl (C=O) groups is 2. The molecule has 14 heavy (non-hydrogen) atoms. The quantitative estimate of drug-likeness (QED) is 0.461. The van der Waals surface area contributed by atoms with Crippen LogP contribution in [0, 0.1) is 0 Å². The van der Waals surface area contributed by atoms with Crippen molar-refractivity contribution in [3.63, 3.8) is 0 Å². The van der Waals surface area contributed by atoms with E-state index in [0.717, 1.165) is 12.8 Å². The molecule has 0 aliphatic carbocycles. The summed E-state index contributed by atoms with van der Waals surface area (Å²) in [6, 6.07) is -0.544. The molecule has 0 aliphatic heterocycles. The second-order valence-electron chi connectivity index (χ2n) is 3.11. The van der Waals surface area contributed by atoms with Crippen LogP contribution in [0.3, 0.4) is 0 Å². The third-order valence-corrected chi connectivity index (χ3v) is 1.82. The second-order valence-corrected chi connectivity index (χ2v) is 3.11. The second kappa shape index (κ2) is 7.32. The predicted molar refractivity (Wildman–Crippen MR) is 52.5 cm³/mol. The van der Waals surface area contributed by atoms with E-state index in [1.165, 1.54) is 14.0 Å². The zero-order valence-electron chi connectivity index (χ0n) is 8.71. The molecule has 3 N–H and O–H groups in total. The zero-order chi connectivity index (χ0) is 11.0. The first-order valence-electron chi connectivity index (χ1n) is 4.65. The number of esters is 1. The number of ether oxygens (including phenoxy) is 1. The number of unbranched alkanes of at least 4 members (excludes halogenated alkanes) is 1. The molecule has 0 saturated carbocycles. The third-order valence-electron chi connectivity index (χ3n) is 1.82. The van der Waals surface area contributed by atoms with E-state index in [4.69, 9.17) is 5.73 Å². The molecule has 0 aromatic heterocycles. The molecule has 0 fully saturated rings. The van der Waals surface area contributed by atoms with Crippen LogP contribution in [0.25, 0.3) is 0 Å². The Kier molecular flexibility index (Phi) is 6.74. The first kappa shape index (κ1) is 12.9. The summed E-state index contributed by atoms with van der Waals surface area (Å²) in [5.74, 6) is -0.424. The van der Waals surface area contributed by atoms with Crippen molar-refractivity contribution in [1.82, 2.24) is 5.32 Å². The molecule has 0 bridgehead atoms. The van der Waals surface area contributed by atoms with Gasteiger partial charge in [0, 0.05) is 13.5 Å². The summed E-state index contributed by atoms with van der Waals surface area (Å²) in [5, 5.41) is 2.67. The lowest BCUT2D eigenvalue weighted by Gasteiger charge is -2.08. The highest BCUT2D eigenvalue weighted by Crippen LogP contribution is 1.99. The molecule has 0 aromatic rings. The van der Waals surface area contributed by atoms with E-state index in [9.17, 15) is 9.59 Å². The maximum absolute atomic E-state index is 10.9. The van der Waals surface area contributed by atoms with Gasteiger partial charge in [-0.05, 0) is 19.3 Å². The maximum atomic E-state index is 10.9. The number of methoxy groups -OCH3 is 1. The fourth-order valence-electron chi connectivity index (χ4n) is 1.02. The van der Waals surface area contributed by atoms with Crippen molar-refractivity contribution in [1.29, 1.82) is 0 Å². The molecule has 5 heteroatoms. The average molecular weight is 202 g/mol. The van der Waals surface area contributed by atoms with Gasteiger partial charge in [0.05, 0.1) is 7.11 Å². The largest absolute Gasteiger partial charge is 0.468 e. The Balaban J connectivity index is 3.36. The van der Waals surface area contributed by atoms with Gasteiger partial charge in [-0.25, -0.2) is 0 Å². The minimum absolute atomic E-state index is 0.0396. The molecule has 0 unspecified atom stereocenters. The first-order valence-corrected chi connectivity index (χ1v) is 4.65. The van der Waals surface area contributed by atoms with Crippen molar-refractivity contribution in [2.75, 3.05) is 13.7 Å². The molecular formula is C9H18N2O3. The van der Waals surface area contributed by atoms with Gasteiger partial charge in [-0.3, -0.25) is 9.59 Å². The van der Waals surface area contributed by atoms with Crippen molar-refractivity contribution < 1.29 is 14.3 Å². The zero-order valence-corrected chi connectivity index (χ0v) is 8.71. The molecule has 0 radical (unpaired) electrons. The van der Waals surface area contributed by atoms with Gasteiger partial charge in [-0.2, -0.15) is 0 Å². The standard InChI is InChI=1S/C9H18N2O3/c1-7(12)11-6-4-3-5-8(10)9(13)14-2/h8H,3-6,10H2,1-2H3,(H,11,12)/t8-/m1/s1. The van der Waals surface area contributed by atoms with Crippen LogP contribution in [0.1, 0.15) is 26.2 Å². The van der Waals surface area contributed by atoms with Crippen molar-refractivity contribution in [2.45, 2.75) is 32.2 Å². The van der Waals surface area contributed by atoms with Crippen molar-refractivity contribution >= 4 is 11.9 Å². The SMILES string of the molecule is COC(=O)[C@H](N)CCCCNC(C)=O. The van der Waals surface area contributed by atoms with Gasteiger partial charge in [-0.1, -0.05) is 0 Å². The smallest absolute Gasteiger partial charge is 0.322 e. The van der Waals surface area contributed by atoms with Crippen LogP contribution < -0.4 is 11.1 Å². The minimum Gasteiger partial charge on any atom is -0.468 e. The Bertz CT molecular complexity index is 194. The molecule has 0 heterocycles. The first-order chi connectivity index (χ1) is 6.57. The number of nitrogens with one attached hydrogen (secondary N) is 1. The van der Waals surface area contributed by atoms with E-state index in [-0.39, 0.29) is 11.9 Å². The predicted octanol–water partition coefficient (Wildman–Crippen LogP) is -0.207. The molecule has 5 nitrogen and oxygen atoms in total. The fraction of sp³-hybridized carbons (Fsp3) is 0.778. The van der Waals surface area contributed by atoms with Gasteiger partial charge in [-0.15, -0.1) is 0 Å². The minimum atomic E-state index is -0.544. The summed E-state index contributed by atoms with van der Waals surface area (Å²) < 4.78 is 4.47. The Morgan fingerprint density at radius 2 is 2.07 bits per heavy atom. The summed E-state index contributed by atoms with van der Waals surface area (Å²) in [5.41, 5.74) is 5.51. The number of hydrogen-bond acceptors (Lipinski definition) is 4. The number of carbonyl (C=O) groups excluding carboxylic acids is 2. The van der Waals surface area contributed by atoms with Gasteiger partial charge in [0.15, 0.2) is 0 Å². The molecule has 0 rings (SSSR count). The Morgan fingerprint density at radius 3 is 2.57 bits per heavy atom. The highest BCUT2D eigenvalue weighted by atomic mass is 16.5. The third kappa shape index (κ3) is 6.42. The molecule has 1 amide bonds. The summed E-state index contributed by atoms with van der Waals surface area (Å²) in [6.45, 7) is 2.10. The van der Waals surface area contributed by atoms with Gasteiger partial charge in [0.2, 0.25) is 5.91 Å². The van der Waals surface area contributed by atoms with Gasteiger partial charge in [0.25, 0.3) is 0 Å². The van der Waals surface area contributed by atoms with Crippen LogP contribution in [0.2, 0.25) is 0 Å². The number of rotatable bonds is 6. The van der Waals surface area contributed by atoms with E-state index in [0.29, 0.717) is 13.0 Å². The summed E-state index contributed by atoms with van der Waals surface area (Å²) in [6.07, 6.45) is 2.22. The summed E-state index contributed by atoms with van der Waals surface area (Å²) in [4.78, 5) is 21.4. The molecule has 82 valence electrons. The molecule has 0 aliphatic rings. The molecule has 1 atom stereocenters. The molecular weight excluding hydrogens is 184 g/mol. The Hall–Kier alpha value is -1.10. The van der Waals surface area contributed by atoms with E-state index < -0.39 is 6.04 Å². The van der Waals surface area contributed by atoms with E-state index >= 15 is 0 Å². The fourth-order valence-corrected chi connectivity index (χ4v) is 1.02. The normalized spacial score (nSPS) is 11.9. The molecule has 0 saturated heterocycles. The van der Waals surface area contributed by atoms with Gasteiger partial charge in [0.1, 0.15) is 6.04 Å². The Morgan fingerprint density at radius 1 is 1.43 bits per heavy atom. The van der Waals surface area contributed by atoms with Crippen LogP contribution in [-0.2, 0) is 14.3 Å². The monoisotopic (exact) mass is 202 g/mol. The van der Waals surface area contributed by atoms with Crippen molar-refractivity contribution in [3.05, 3.63) is 0 Å². The van der Waals surface area contributed by atoms with Crippen molar-refractivity contribution in [3.8, 4) is 0 Å². The number of amides is 1. The van der Waals surface area contributed by atoms with Crippen molar-refractivity contribution in [2.24, 2.45) is 5.73 Å². The van der Waals surface area contributed by atoms with E-state index in [2.05, 4.69) is 10.1 Å². The lowest BCUT2D eigenvalue weighted by Crippen LogP contribution is -2.31. The lowest BCUT2D eigenvalue weighted by atomic mass is 10.1. The summed E-state index contributed by atoms with van der Waals surface area (Å²) in [7, 11) is 1.32. The number of hydrogen-bond donors (Lipinski definition) is 2. The van der Waals surface area contributed by atoms with E-state index in [1.54, 1.807) is 0 Å². The van der Waals surface area contributed by atoms with Crippen LogP contribution in [0.5, 0.6) is 0 Å². The van der Waals surface area contributed by atoms with Gasteiger partial charge >= 0.3 is 5.97 Å². The van der Waals surface area contributed by atoms with E-state index in [1.807, 2.05) is 0 Å². The highest BCUT2D eigenvalue weighted by Gasteiger charge is 2.12. The van der Waals surface area contributed by atoms with Crippen LogP contribution in [0.15, 0.2) is 0 Å². The maximum Gasteiger partial charge on any atom is 0.322 e. The number of nitrogens with two attached hydrogens (primary N) is 1. The lowest BCUT2D eigenvalue weighted by molar-refractivity contribution is -0.142. The molecule has 0 aromatic carbocycles. The topological polar surface area (TPSA) is 81.4 Å². The van der Waals surface area contributed by atoms with Crippen LogP contribution in [-0.4, -0.2) is 31.6 Å². The van der Waals surface area contributed by atoms with Crippen LogP contribution >= 0.6 is 0 Å². The highest BCUT2D eigenvalue weighted by molar-refractivity contribution is 5.75.